The Morgan fingerprint density at radius 2 is 2.38 bits per heavy atom. The van der Waals surface area contributed by atoms with E-state index in [-0.39, 0.29) is 0 Å². The molecule has 0 aliphatic carbocycles. The predicted octanol–water partition coefficient (Wildman–Crippen LogP) is 2.47. The molecule has 1 saturated heterocycles. The predicted molar refractivity (Wildman–Crippen MR) is 65.9 cm³/mol. The zero-order chi connectivity index (χ0) is 9.68. The SMILES string of the molecule is CSCC(C)CNC1CSC(C)C1. The zero-order valence-electron chi connectivity index (χ0n) is 8.88. The molecule has 13 heavy (non-hydrogen) atoms. The second kappa shape index (κ2) is 6.20. The fraction of sp³-hybridized carbons (Fsp3) is 1.00. The van der Waals surface area contributed by atoms with Gasteiger partial charge in [0, 0.05) is 17.0 Å². The normalized spacial score (nSPS) is 30.7. The molecule has 0 amide bonds. The summed E-state index contributed by atoms with van der Waals surface area (Å²) in [6, 6.07) is 0.782. The molecule has 78 valence electrons. The van der Waals surface area contributed by atoms with Crippen molar-refractivity contribution in [2.75, 3.05) is 24.3 Å². The highest BCUT2D eigenvalue weighted by Gasteiger charge is 2.21. The molecule has 0 saturated carbocycles. The summed E-state index contributed by atoms with van der Waals surface area (Å²) in [5.74, 6) is 3.41. The van der Waals surface area contributed by atoms with Gasteiger partial charge in [0.25, 0.3) is 0 Å². The molecule has 0 aromatic rings. The maximum Gasteiger partial charge on any atom is 0.0168 e. The third kappa shape index (κ3) is 4.61. The Bertz CT molecular complexity index is 141. The number of nitrogens with one attached hydrogen (secondary N) is 1. The van der Waals surface area contributed by atoms with Crippen molar-refractivity contribution in [1.82, 2.24) is 5.32 Å². The van der Waals surface area contributed by atoms with E-state index in [1.165, 1.54) is 24.5 Å². The summed E-state index contributed by atoms with van der Waals surface area (Å²) in [7, 11) is 0. The molecule has 1 aliphatic rings. The Morgan fingerprint density at radius 3 is 2.92 bits per heavy atom. The van der Waals surface area contributed by atoms with Crippen LogP contribution in [-0.4, -0.2) is 35.6 Å². The smallest absolute Gasteiger partial charge is 0.0168 e. The van der Waals surface area contributed by atoms with Crippen molar-refractivity contribution < 1.29 is 0 Å². The highest BCUT2D eigenvalue weighted by molar-refractivity contribution is 8.00. The summed E-state index contributed by atoms with van der Waals surface area (Å²) in [5, 5.41) is 4.53. The van der Waals surface area contributed by atoms with Crippen LogP contribution in [0, 0.1) is 5.92 Å². The van der Waals surface area contributed by atoms with Gasteiger partial charge in [0.15, 0.2) is 0 Å². The topological polar surface area (TPSA) is 12.0 Å². The van der Waals surface area contributed by atoms with Gasteiger partial charge in [0.1, 0.15) is 0 Å². The van der Waals surface area contributed by atoms with E-state index in [1.807, 2.05) is 11.8 Å². The number of hydrogen-bond donors (Lipinski definition) is 1. The first-order chi connectivity index (χ1) is 6.22. The number of rotatable bonds is 5. The van der Waals surface area contributed by atoms with Crippen LogP contribution in [0.3, 0.4) is 0 Å². The van der Waals surface area contributed by atoms with Crippen LogP contribution in [0.2, 0.25) is 0 Å². The van der Waals surface area contributed by atoms with E-state index in [0.29, 0.717) is 0 Å². The second-order valence-corrected chi connectivity index (χ2v) is 6.43. The van der Waals surface area contributed by atoms with Gasteiger partial charge in [0.2, 0.25) is 0 Å². The summed E-state index contributed by atoms with van der Waals surface area (Å²) < 4.78 is 0. The summed E-state index contributed by atoms with van der Waals surface area (Å²) in [6.45, 7) is 5.85. The van der Waals surface area contributed by atoms with Crippen molar-refractivity contribution in [2.24, 2.45) is 5.92 Å². The van der Waals surface area contributed by atoms with Crippen LogP contribution >= 0.6 is 23.5 Å². The van der Waals surface area contributed by atoms with Crippen molar-refractivity contribution >= 4 is 23.5 Å². The average molecular weight is 219 g/mol. The van der Waals surface area contributed by atoms with E-state index in [1.54, 1.807) is 0 Å². The third-order valence-electron chi connectivity index (χ3n) is 2.40. The van der Waals surface area contributed by atoms with Gasteiger partial charge in [-0.25, -0.2) is 0 Å². The Labute approximate surface area is 90.8 Å². The summed E-state index contributed by atoms with van der Waals surface area (Å²) in [4.78, 5) is 0. The van der Waals surface area contributed by atoms with E-state index >= 15 is 0 Å². The lowest BCUT2D eigenvalue weighted by Gasteiger charge is -2.15. The van der Waals surface area contributed by atoms with Gasteiger partial charge in [-0.3, -0.25) is 0 Å². The van der Waals surface area contributed by atoms with Crippen molar-refractivity contribution in [3.05, 3.63) is 0 Å². The lowest BCUT2D eigenvalue weighted by atomic mass is 10.1. The maximum atomic E-state index is 3.66. The summed E-state index contributed by atoms with van der Waals surface area (Å²) in [5.41, 5.74) is 0. The van der Waals surface area contributed by atoms with E-state index in [2.05, 4.69) is 37.2 Å². The Balaban J connectivity index is 2.05. The van der Waals surface area contributed by atoms with Crippen LogP contribution in [-0.2, 0) is 0 Å². The Morgan fingerprint density at radius 1 is 1.62 bits per heavy atom. The Kier molecular flexibility index (Phi) is 5.60. The van der Waals surface area contributed by atoms with E-state index in [9.17, 15) is 0 Å². The van der Waals surface area contributed by atoms with Crippen molar-refractivity contribution in [3.8, 4) is 0 Å². The summed E-state index contributed by atoms with van der Waals surface area (Å²) in [6.07, 6.45) is 3.54. The molecule has 1 nitrogen and oxygen atoms in total. The van der Waals surface area contributed by atoms with Crippen LogP contribution in [0.5, 0.6) is 0 Å². The molecule has 1 heterocycles. The number of thioether (sulfide) groups is 2. The monoisotopic (exact) mass is 219 g/mol. The molecule has 1 rings (SSSR count). The molecule has 0 spiro atoms. The maximum absolute atomic E-state index is 3.66. The van der Waals surface area contributed by atoms with Gasteiger partial charge in [-0.1, -0.05) is 13.8 Å². The molecular formula is C10H21NS2. The molecule has 1 aliphatic heterocycles. The van der Waals surface area contributed by atoms with E-state index < -0.39 is 0 Å². The first kappa shape index (κ1) is 11.7. The minimum Gasteiger partial charge on any atom is -0.313 e. The standard InChI is InChI=1S/C10H21NS2/c1-8(6-12-3)5-11-10-4-9(2)13-7-10/h8-11H,4-7H2,1-3H3. The highest BCUT2D eigenvalue weighted by atomic mass is 32.2. The third-order valence-corrected chi connectivity index (χ3v) is 4.66. The van der Waals surface area contributed by atoms with Crippen molar-refractivity contribution in [3.63, 3.8) is 0 Å². The van der Waals surface area contributed by atoms with Gasteiger partial charge in [-0.2, -0.15) is 23.5 Å². The number of hydrogen-bond acceptors (Lipinski definition) is 3. The fourth-order valence-corrected chi connectivity index (χ4v) is 3.54. The molecule has 3 heteroatoms. The summed E-state index contributed by atoms with van der Waals surface area (Å²) >= 11 is 4.05. The average Bonchev–Trinajstić information content (AvgIpc) is 2.49. The van der Waals surface area contributed by atoms with Crippen LogP contribution in [0.15, 0.2) is 0 Å². The minimum atomic E-state index is 0.782. The minimum absolute atomic E-state index is 0.782. The van der Waals surface area contributed by atoms with Gasteiger partial charge in [-0.05, 0) is 30.9 Å². The molecule has 1 N–H and O–H groups in total. The lowest BCUT2D eigenvalue weighted by Crippen LogP contribution is -2.33. The van der Waals surface area contributed by atoms with E-state index in [0.717, 1.165) is 17.2 Å². The molecule has 0 radical (unpaired) electrons. The van der Waals surface area contributed by atoms with Crippen LogP contribution < -0.4 is 5.32 Å². The lowest BCUT2D eigenvalue weighted by molar-refractivity contribution is 0.483. The van der Waals surface area contributed by atoms with E-state index in [4.69, 9.17) is 0 Å². The van der Waals surface area contributed by atoms with Gasteiger partial charge >= 0.3 is 0 Å². The van der Waals surface area contributed by atoms with Crippen LogP contribution in [0.1, 0.15) is 20.3 Å². The molecule has 0 bridgehead atoms. The molecular weight excluding hydrogens is 198 g/mol. The van der Waals surface area contributed by atoms with Crippen molar-refractivity contribution in [1.29, 1.82) is 0 Å². The molecule has 3 atom stereocenters. The fourth-order valence-electron chi connectivity index (χ4n) is 1.67. The van der Waals surface area contributed by atoms with Gasteiger partial charge < -0.3 is 5.32 Å². The molecule has 3 unspecified atom stereocenters. The van der Waals surface area contributed by atoms with Crippen LogP contribution in [0.25, 0.3) is 0 Å². The first-order valence-electron chi connectivity index (χ1n) is 5.06. The van der Waals surface area contributed by atoms with Crippen LogP contribution in [0.4, 0.5) is 0 Å². The highest BCUT2D eigenvalue weighted by Crippen LogP contribution is 2.25. The molecule has 1 fully saturated rings. The largest absolute Gasteiger partial charge is 0.313 e. The molecule has 0 aromatic heterocycles. The quantitative estimate of drug-likeness (QED) is 0.763. The second-order valence-electron chi connectivity index (χ2n) is 4.05. The van der Waals surface area contributed by atoms with Gasteiger partial charge in [-0.15, -0.1) is 0 Å². The first-order valence-corrected chi connectivity index (χ1v) is 7.50. The Hall–Kier alpha value is 0.660. The molecule has 0 aromatic carbocycles. The van der Waals surface area contributed by atoms with Crippen molar-refractivity contribution in [2.45, 2.75) is 31.6 Å². The van der Waals surface area contributed by atoms with Gasteiger partial charge in [0.05, 0.1) is 0 Å². The zero-order valence-corrected chi connectivity index (χ0v) is 10.5.